The maximum atomic E-state index is 2.93. The standard InChI is InChI=1S/C17H33NSi/c1-14(15(2)19)13-18(16-9-5-3-6-10-16)17-11-7-4-8-12-17/h16-17H,3-13H2,1-2,19H3. The van der Waals surface area contributed by atoms with E-state index in [1.165, 1.54) is 81.0 Å². The predicted molar refractivity (Wildman–Crippen MR) is 88.8 cm³/mol. The van der Waals surface area contributed by atoms with E-state index in [2.05, 4.69) is 18.7 Å². The largest absolute Gasteiger partial charge is 0.294 e. The summed E-state index contributed by atoms with van der Waals surface area (Å²) >= 11 is 0. The van der Waals surface area contributed by atoms with Crippen LogP contribution >= 0.6 is 0 Å². The molecular weight excluding hydrogens is 246 g/mol. The van der Waals surface area contributed by atoms with E-state index in [1.807, 2.05) is 0 Å². The zero-order valence-electron chi connectivity index (χ0n) is 13.4. The minimum atomic E-state index is 0.896. The Bertz CT molecular complexity index is 276. The van der Waals surface area contributed by atoms with Crippen LogP contribution in [0.2, 0.25) is 0 Å². The Balaban J connectivity index is 2.04. The van der Waals surface area contributed by atoms with Crippen LogP contribution in [0, 0.1) is 0 Å². The van der Waals surface area contributed by atoms with Crippen molar-refractivity contribution in [3.63, 3.8) is 0 Å². The third-order valence-electron chi connectivity index (χ3n) is 5.36. The van der Waals surface area contributed by atoms with Crippen molar-refractivity contribution in [3.8, 4) is 0 Å². The van der Waals surface area contributed by atoms with Crippen molar-refractivity contribution in [2.45, 2.75) is 90.1 Å². The lowest BCUT2D eigenvalue weighted by molar-refractivity contribution is 0.0910. The molecule has 0 radical (unpaired) electrons. The average molecular weight is 280 g/mol. The van der Waals surface area contributed by atoms with Crippen LogP contribution < -0.4 is 0 Å². The lowest BCUT2D eigenvalue weighted by atomic mass is 9.88. The summed E-state index contributed by atoms with van der Waals surface area (Å²) in [5, 5.41) is 1.66. The van der Waals surface area contributed by atoms with Gasteiger partial charge in [0.2, 0.25) is 0 Å². The Morgan fingerprint density at radius 3 is 1.63 bits per heavy atom. The fraction of sp³-hybridized carbons (Fsp3) is 0.882. The van der Waals surface area contributed by atoms with E-state index >= 15 is 0 Å². The summed E-state index contributed by atoms with van der Waals surface area (Å²) in [6, 6.07) is 1.79. The SMILES string of the molecule is CC([SiH3])=C(C)CN(C1CCCCC1)C1CCCCC1. The van der Waals surface area contributed by atoms with Gasteiger partial charge in [0.15, 0.2) is 0 Å². The van der Waals surface area contributed by atoms with Crippen LogP contribution in [0.1, 0.15) is 78.1 Å². The first-order valence-electron chi connectivity index (χ1n) is 8.57. The molecule has 0 N–H and O–H groups in total. The maximum absolute atomic E-state index is 2.93. The Labute approximate surface area is 123 Å². The van der Waals surface area contributed by atoms with E-state index in [4.69, 9.17) is 0 Å². The quantitative estimate of drug-likeness (QED) is 0.711. The highest BCUT2D eigenvalue weighted by Gasteiger charge is 2.28. The molecule has 2 aliphatic carbocycles. The van der Waals surface area contributed by atoms with E-state index in [9.17, 15) is 0 Å². The Morgan fingerprint density at radius 1 is 0.842 bits per heavy atom. The second-order valence-corrected chi connectivity index (χ2v) is 8.54. The van der Waals surface area contributed by atoms with Crippen molar-refractivity contribution in [3.05, 3.63) is 10.8 Å². The molecule has 110 valence electrons. The Morgan fingerprint density at radius 2 is 1.26 bits per heavy atom. The molecule has 0 atom stereocenters. The highest BCUT2D eigenvalue weighted by molar-refractivity contribution is 6.21. The van der Waals surface area contributed by atoms with Crippen molar-refractivity contribution >= 4 is 10.2 Å². The van der Waals surface area contributed by atoms with Gasteiger partial charge in [0.25, 0.3) is 0 Å². The monoisotopic (exact) mass is 279 g/mol. The summed E-state index contributed by atoms with van der Waals surface area (Å²) in [5.41, 5.74) is 1.67. The molecule has 0 aromatic carbocycles. The third-order valence-corrected chi connectivity index (χ3v) is 6.21. The number of hydrogen-bond donors (Lipinski definition) is 0. The molecular formula is C17H33NSi. The van der Waals surface area contributed by atoms with E-state index in [0.717, 1.165) is 12.1 Å². The molecule has 0 amide bonds. The van der Waals surface area contributed by atoms with Gasteiger partial charge in [0.05, 0.1) is 0 Å². The number of rotatable bonds is 4. The second-order valence-electron chi connectivity index (χ2n) is 7.04. The van der Waals surface area contributed by atoms with Crippen LogP contribution in [0.5, 0.6) is 0 Å². The highest BCUT2D eigenvalue weighted by Crippen LogP contribution is 2.30. The van der Waals surface area contributed by atoms with Gasteiger partial charge in [-0.15, -0.1) is 0 Å². The topological polar surface area (TPSA) is 3.24 Å². The van der Waals surface area contributed by atoms with Crippen molar-refractivity contribution in [2.75, 3.05) is 6.54 Å². The molecule has 1 nitrogen and oxygen atoms in total. The first-order chi connectivity index (χ1) is 9.18. The van der Waals surface area contributed by atoms with Gasteiger partial charge in [-0.2, -0.15) is 0 Å². The first-order valence-corrected chi connectivity index (χ1v) is 9.57. The van der Waals surface area contributed by atoms with Crippen molar-refractivity contribution in [2.24, 2.45) is 0 Å². The molecule has 2 aliphatic rings. The summed E-state index contributed by atoms with van der Waals surface area (Å²) in [5.74, 6) is 0. The summed E-state index contributed by atoms with van der Waals surface area (Å²) in [4.78, 5) is 2.93. The van der Waals surface area contributed by atoms with E-state index in [1.54, 1.807) is 10.8 Å². The zero-order chi connectivity index (χ0) is 13.7. The average Bonchev–Trinajstić information content (AvgIpc) is 2.46. The summed E-state index contributed by atoms with van der Waals surface area (Å²) in [7, 11) is 1.24. The molecule has 2 fully saturated rings. The molecule has 0 saturated heterocycles. The van der Waals surface area contributed by atoms with E-state index in [-0.39, 0.29) is 0 Å². The Hall–Kier alpha value is -0.0831. The molecule has 2 rings (SSSR count). The molecule has 19 heavy (non-hydrogen) atoms. The van der Waals surface area contributed by atoms with E-state index < -0.39 is 0 Å². The Kier molecular flexibility index (Phi) is 6.15. The predicted octanol–water partition coefficient (Wildman–Crippen LogP) is 3.61. The minimum absolute atomic E-state index is 0.896. The van der Waals surface area contributed by atoms with Gasteiger partial charge in [0, 0.05) is 28.9 Å². The number of allylic oxidation sites excluding steroid dienone is 1. The number of hydrogen-bond acceptors (Lipinski definition) is 1. The van der Waals surface area contributed by atoms with E-state index in [0.29, 0.717) is 0 Å². The lowest BCUT2D eigenvalue weighted by Crippen LogP contribution is -2.46. The normalized spacial score (nSPS) is 24.8. The van der Waals surface area contributed by atoms with Crippen molar-refractivity contribution in [1.82, 2.24) is 4.90 Å². The molecule has 0 unspecified atom stereocenters. The molecule has 2 heteroatoms. The first kappa shape index (κ1) is 15.3. The smallest absolute Gasteiger partial charge is 0.0329 e. The summed E-state index contributed by atoms with van der Waals surface area (Å²) < 4.78 is 0. The van der Waals surface area contributed by atoms with Crippen molar-refractivity contribution < 1.29 is 0 Å². The fourth-order valence-electron chi connectivity index (χ4n) is 3.81. The van der Waals surface area contributed by atoms with Gasteiger partial charge < -0.3 is 0 Å². The minimum Gasteiger partial charge on any atom is -0.294 e. The summed E-state index contributed by atoms with van der Waals surface area (Å²) in [6.45, 7) is 5.98. The molecule has 0 aliphatic heterocycles. The van der Waals surface area contributed by atoms with Gasteiger partial charge in [-0.25, -0.2) is 0 Å². The van der Waals surface area contributed by atoms with Gasteiger partial charge >= 0.3 is 0 Å². The highest BCUT2D eigenvalue weighted by atomic mass is 28.1. The van der Waals surface area contributed by atoms with Crippen molar-refractivity contribution in [1.29, 1.82) is 0 Å². The van der Waals surface area contributed by atoms with Crippen LogP contribution in [0.3, 0.4) is 0 Å². The second kappa shape index (κ2) is 7.63. The zero-order valence-corrected chi connectivity index (χ0v) is 15.4. The van der Waals surface area contributed by atoms with Gasteiger partial charge in [-0.05, 0) is 39.5 Å². The maximum Gasteiger partial charge on any atom is 0.0329 e. The molecule has 2 saturated carbocycles. The van der Waals surface area contributed by atoms with Crippen LogP contribution in [-0.4, -0.2) is 33.8 Å². The van der Waals surface area contributed by atoms with Gasteiger partial charge in [-0.3, -0.25) is 4.90 Å². The van der Waals surface area contributed by atoms with Crippen LogP contribution in [0.4, 0.5) is 0 Å². The lowest BCUT2D eigenvalue weighted by Gasteiger charge is -2.42. The molecule has 0 aromatic rings. The van der Waals surface area contributed by atoms with Gasteiger partial charge in [-0.1, -0.05) is 49.3 Å². The van der Waals surface area contributed by atoms with Crippen LogP contribution in [0.15, 0.2) is 10.8 Å². The third kappa shape index (κ3) is 4.46. The van der Waals surface area contributed by atoms with Crippen LogP contribution in [-0.2, 0) is 0 Å². The summed E-state index contributed by atoms with van der Waals surface area (Å²) in [6.07, 6.45) is 14.7. The molecule has 0 spiro atoms. The van der Waals surface area contributed by atoms with Crippen LogP contribution in [0.25, 0.3) is 0 Å². The molecule has 0 heterocycles. The molecule has 0 aromatic heterocycles. The fourth-order valence-corrected chi connectivity index (χ4v) is 3.97. The number of nitrogens with zero attached hydrogens (tertiary/aromatic N) is 1. The molecule has 0 bridgehead atoms. The van der Waals surface area contributed by atoms with Gasteiger partial charge in [0.1, 0.15) is 0 Å².